The van der Waals surface area contributed by atoms with Crippen molar-refractivity contribution >= 4 is 27.0 Å². The van der Waals surface area contributed by atoms with Gasteiger partial charge in [0.1, 0.15) is 5.82 Å². The van der Waals surface area contributed by atoms with Crippen LogP contribution in [0.2, 0.25) is 0 Å². The summed E-state index contributed by atoms with van der Waals surface area (Å²) in [4.78, 5) is 19.4. The first-order valence-corrected chi connectivity index (χ1v) is 8.45. The maximum atomic E-state index is 11.9. The van der Waals surface area contributed by atoms with Gasteiger partial charge in [-0.1, -0.05) is 12.1 Å². The third kappa shape index (κ3) is 2.91. The van der Waals surface area contributed by atoms with Gasteiger partial charge in [-0.3, -0.25) is 4.79 Å². The first kappa shape index (κ1) is 14.0. The molecule has 1 saturated heterocycles. The second-order valence-corrected chi connectivity index (χ2v) is 7.18. The SMILES string of the molecule is CS(=O)(=O)N1CC(C(=O)NCc2nc3ccccc3[nH]2)C1. The van der Waals surface area contributed by atoms with Crippen molar-refractivity contribution in [1.29, 1.82) is 0 Å². The number of hydrogen-bond donors (Lipinski definition) is 2. The minimum atomic E-state index is -3.18. The van der Waals surface area contributed by atoms with Crippen LogP contribution in [-0.2, 0) is 21.4 Å². The molecule has 0 aliphatic carbocycles. The van der Waals surface area contributed by atoms with Crippen LogP contribution in [0.15, 0.2) is 24.3 Å². The molecular formula is C13H16N4O3S. The third-order valence-electron chi connectivity index (χ3n) is 3.56. The van der Waals surface area contributed by atoms with E-state index in [0.717, 1.165) is 17.3 Å². The molecule has 2 heterocycles. The highest BCUT2D eigenvalue weighted by molar-refractivity contribution is 7.88. The topological polar surface area (TPSA) is 95.2 Å². The van der Waals surface area contributed by atoms with Gasteiger partial charge in [-0.05, 0) is 12.1 Å². The number of imidazole rings is 1. The number of H-pyrrole nitrogens is 1. The number of nitrogens with zero attached hydrogens (tertiary/aromatic N) is 2. The lowest BCUT2D eigenvalue weighted by molar-refractivity contribution is -0.128. The first-order valence-electron chi connectivity index (χ1n) is 6.60. The van der Waals surface area contributed by atoms with Gasteiger partial charge in [0.25, 0.3) is 0 Å². The normalized spacial score (nSPS) is 16.8. The molecule has 112 valence electrons. The van der Waals surface area contributed by atoms with Crippen LogP contribution < -0.4 is 5.32 Å². The summed E-state index contributed by atoms with van der Waals surface area (Å²) in [6, 6.07) is 7.63. The summed E-state index contributed by atoms with van der Waals surface area (Å²) in [6.45, 7) is 0.818. The Labute approximate surface area is 122 Å². The predicted octanol–water partition coefficient (Wildman–Crippen LogP) is 0.0705. The highest BCUT2D eigenvalue weighted by Crippen LogP contribution is 2.18. The highest BCUT2D eigenvalue weighted by Gasteiger charge is 2.37. The van der Waals surface area contributed by atoms with Crippen molar-refractivity contribution in [3.8, 4) is 0 Å². The molecule has 1 aliphatic heterocycles. The molecule has 1 amide bonds. The summed E-state index contributed by atoms with van der Waals surface area (Å²) in [5.74, 6) is 0.267. The van der Waals surface area contributed by atoms with E-state index in [2.05, 4.69) is 15.3 Å². The van der Waals surface area contributed by atoms with Gasteiger partial charge in [0.05, 0.1) is 29.8 Å². The Morgan fingerprint density at radius 3 is 2.81 bits per heavy atom. The number of sulfonamides is 1. The number of aromatic amines is 1. The number of hydrogen-bond acceptors (Lipinski definition) is 4. The fourth-order valence-corrected chi connectivity index (χ4v) is 3.18. The Bertz CT molecular complexity index is 745. The number of carbonyl (C=O) groups is 1. The smallest absolute Gasteiger partial charge is 0.226 e. The van der Waals surface area contributed by atoms with E-state index in [9.17, 15) is 13.2 Å². The van der Waals surface area contributed by atoms with Gasteiger partial charge in [0.2, 0.25) is 15.9 Å². The van der Waals surface area contributed by atoms with E-state index in [1.54, 1.807) is 0 Å². The standard InChI is InChI=1S/C13H16N4O3S/c1-21(19,20)17-7-9(8-17)13(18)14-6-12-15-10-4-2-3-5-11(10)16-12/h2-5,9H,6-8H2,1H3,(H,14,18)(H,15,16). The van der Waals surface area contributed by atoms with Crippen molar-refractivity contribution in [2.45, 2.75) is 6.54 Å². The van der Waals surface area contributed by atoms with Crippen molar-refractivity contribution in [3.05, 3.63) is 30.1 Å². The van der Waals surface area contributed by atoms with Crippen molar-refractivity contribution in [1.82, 2.24) is 19.6 Å². The van der Waals surface area contributed by atoms with Crippen LogP contribution in [0.4, 0.5) is 0 Å². The maximum Gasteiger partial charge on any atom is 0.226 e. The molecule has 1 aliphatic rings. The molecule has 2 aromatic rings. The van der Waals surface area contributed by atoms with Gasteiger partial charge in [-0.2, -0.15) is 0 Å². The lowest BCUT2D eigenvalue weighted by atomic mass is 10.0. The molecule has 2 N–H and O–H groups in total. The number of benzene rings is 1. The second kappa shape index (κ2) is 5.12. The average molecular weight is 308 g/mol. The van der Waals surface area contributed by atoms with Gasteiger partial charge in [-0.25, -0.2) is 17.7 Å². The number of aromatic nitrogens is 2. The Morgan fingerprint density at radius 1 is 1.43 bits per heavy atom. The molecule has 0 bridgehead atoms. The van der Waals surface area contributed by atoms with E-state index in [4.69, 9.17) is 0 Å². The average Bonchev–Trinajstić information content (AvgIpc) is 2.75. The van der Waals surface area contributed by atoms with E-state index in [-0.39, 0.29) is 24.9 Å². The van der Waals surface area contributed by atoms with Crippen LogP contribution in [0.1, 0.15) is 5.82 Å². The minimum absolute atomic E-state index is 0.143. The highest BCUT2D eigenvalue weighted by atomic mass is 32.2. The van der Waals surface area contributed by atoms with E-state index < -0.39 is 10.0 Å². The quantitative estimate of drug-likeness (QED) is 0.835. The molecule has 21 heavy (non-hydrogen) atoms. The molecule has 1 aromatic carbocycles. The van der Waals surface area contributed by atoms with E-state index >= 15 is 0 Å². The number of rotatable bonds is 4. The Kier molecular flexibility index (Phi) is 3.42. The Morgan fingerprint density at radius 2 is 2.14 bits per heavy atom. The lowest BCUT2D eigenvalue weighted by Crippen LogP contribution is -2.55. The number of amides is 1. The summed E-state index contributed by atoms with van der Waals surface area (Å²) in [5.41, 5.74) is 1.78. The molecule has 0 radical (unpaired) electrons. The van der Waals surface area contributed by atoms with Crippen LogP contribution in [-0.4, -0.2) is 47.9 Å². The zero-order valence-electron chi connectivity index (χ0n) is 11.5. The molecule has 1 fully saturated rings. The van der Waals surface area contributed by atoms with Crippen LogP contribution in [0.25, 0.3) is 11.0 Å². The van der Waals surface area contributed by atoms with E-state index in [1.165, 1.54) is 4.31 Å². The van der Waals surface area contributed by atoms with Crippen LogP contribution in [0.5, 0.6) is 0 Å². The van der Waals surface area contributed by atoms with E-state index in [0.29, 0.717) is 12.4 Å². The molecule has 8 heteroatoms. The van der Waals surface area contributed by atoms with Gasteiger partial charge in [0, 0.05) is 13.1 Å². The molecule has 3 rings (SSSR count). The summed E-state index contributed by atoms with van der Waals surface area (Å²) in [6.07, 6.45) is 1.15. The van der Waals surface area contributed by atoms with Crippen molar-refractivity contribution in [3.63, 3.8) is 0 Å². The Balaban J connectivity index is 1.55. The summed E-state index contributed by atoms with van der Waals surface area (Å²) in [7, 11) is -3.18. The molecule has 0 atom stereocenters. The lowest BCUT2D eigenvalue weighted by Gasteiger charge is -2.35. The van der Waals surface area contributed by atoms with Crippen LogP contribution in [0.3, 0.4) is 0 Å². The van der Waals surface area contributed by atoms with E-state index in [1.807, 2.05) is 24.3 Å². The Hall–Kier alpha value is -1.93. The van der Waals surface area contributed by atoms with Crippen molar-refractivity contribution in [2.24, 2.45) is 5.92 Å². The van der Waals surface area contributed by atoms with Crippen molar-refractivity contribution < 1.29 is 13.2 Å². The predicted molar refractivity (Wildman–Crippen MR) is 77.8 cm³/mol. The molecular weight excluding hydrogens is 292 g/mol. The third-order valence-corrected chi connectivity index (χ3v) is 4.79. The molecule has 0 unspecified atom stereocenters. The fraction of sp³-hybridized carbons (Fsp3) is 0.385. The molecule has 7 nitrogen and oxygen atoms in total. The van der Waals surface area contributed by atoms with Gasteiger partial charge < -0.3 is 10.3 Å². The number of nitrogens with one attached hydrogen (secondary N) is 2. The monoisotopic (exact) mass is 308 g/mol. The molecule has 0 spiro atoms. The fourth-order valence-electron chi connectivity index (χ4n) is 2.28. The summed E-state index contributed by atoms with van der Waals surface area (Å²) in [5, 5.41) is 2.78. The van der Waals surface area contributed by atoms with Crippen molar-refractivity contribution in [2.75, 3.05) is 19.3 Å². The zero-order valence-corrected chi connectivity index (χ0v) is 12.4. The molecule has 0 saturated carbocycles. The van der Waals surface area contributed by atoms with Crippen LogP contribution in [0, 0.1) is 5.92 Å². The first-order chi connectivity index (χ1) is 9.93. The number of fused-ring (bicyclic) bond motifs is 1. The number of para-hydroxylation sites is 2. The minimum Gasteiger partial charge on any atom is -0.349 e. The summed E-state index contributed by atoms with van der Waals surface area (Å²) >= 11 is 0. The largest absolute Gasteiger partial charge is 0.349 e. The summed E-state index contributed by atoms with van der Waals surface area (Å²) < 4.78 is 23.8. The van der Waals surface area contributed by atoms with Gasteiger partial charge in [0.15, 0.2) is 0 Å². The molecule has 1 aromatic heterocycles. The van der Waals surface area contributed by atoms with Gasteiger partial charge >= 0.3 is 0 Å². The number of carbonyl (C=O) groups excluding carboxylic acids is 1. The van der Waals surface area contributed by atoms with Gasteiger partial charge in [-0.15, -0.1) is 0 Å². The zero-order chi connectivity index (χ0) is 15.0. The maximum absolute atomic E-state index is 11.9. The van der Waals surface area contributed by atoms with Crippen LogP contribution >= 0.6 is 0 Å². The second-order valence-electron chi connectivity index (χ2n) is 5.20.